The van der Waals surface area contributed by atoms with Crippen LogP contribution in [-0.4, -0.2) is 79.3 Å². The van der Waals surface area contributed by atoms with Crippen molar-refractivity contribution in [2.24, 2.45) is 5.41 Å². The molecule has 5 heterocycles. The summed E-state index contributed by atoms with van der Waals surface area (Å²) in [5, 5.41) is 13.5. The average molecular weight is 576 g/mol. The second-order valence-corrected chi connectivity index (χ2v) is 12.6. The Labute approximate surface area is 229 Å². The van der Waals surface area contributed by atoms with Crippen molar-refractivity contribution in [1.29, 1.82) is 0 Å². The molecule has 3 aromatic rings. The molecule has 212 valence electrons. The van der Waals surface area contributed by atoms with Gasteiger partial charge in [0, 0.05) is 44.1 Å². The summed E-state index contributed by atoms with van der Waals surface area (Å²) in [5.41, 5.74) is 1.13. The van der Waals surface area contributed by atoms with E-state index in [0.29, 0.717) is 11.6 Å². The average Bonchev–Trinajstić information content (AvgIpc) is 2.88. The lowest BCUT2D eigenvalue weighted by Crippen LogP contribution is -2.66. The Kier molecular flexibility index (Phi) is 6.72. The molecule has 2 atom stereocenters. The molecule has 0 saturated carbocycles. The van der Waals surface area contributed by atoms with E-state index >= 15 is 0 Å². The molecule has 9 nitrogen and oxygen atoms in total. The maximum Gasteiger partial charge on any atom is 0.417 e. The van der Waals surface area contributed by atoms with Crippen LogP contribution in [0, 0.1) is 5.41 Å². The van der Waals surface area contributed by atoms with Gasteiger partial charge in [-0.25, -0.2) is 18.4 Å². The minimum absolute atomic E-state index is 0.109. The Morgan fingerprint density at radius 2 is 1.70 bits per heavy atom. The van der Waals surface area contributed by atoms with Crippen LogP contribution >= 0.6 is 0 Å². The van der Waals surface area contributed by atoms with Crippen LogP contribution in [0.25, 0.3) is 11.1 Å². The second kappa shape index (κ2) is 9.98. The van der Waals surface area contributed by atoms with Crippen LogP contribution in [-0.2, 0) is 20.9 Å². The van der Waals surface area contributed by atoms with Gasteiger partial charge in [0.05, 0.1) is 41.2 Å². The van der Waals surface area contributed by atoms with Crippen LogP contribution < -0.4 is 10.2 Å². The van der Waals surface area contributed by atoms with E-state index in [1.807, 2.05) is 12.1 Å². The first-order valence-corrected chi connectivity index (χ1v) is 14.3. The zero-order chi connectivity index (χ0) is 28.1. The molecule has 13 heteroatoms. The van der Waals surface area contributed by atoms with E-state index in [2.05, 4.69) is 20.2 Å². The van der Waals surface area contributed by atoms with Crippen molar-refractivity contribution in [1.82, 2.24) is 14.3 Å². The number of piperidine rings is 1. The summed E-state index contributed by atoms with van der Waals surface area (Å²) < 4.78 is 71.4. The number of aromatic nitrogens is 2. The number of nitrogens with zero attached hydrogens (tertiary/aromatic N) is 4. The van der Waals surface area contributed by atoms with Crippen LogP contribution in [0.2, 0.25) is 0 Å². The fourth-order valence-electron chi connectivity index (χ4n) is 5.34. The van der Waals surface area contributed by atoms with E-state index in [0.717, 1.165) is 49.3 Å². The number of anilines is 2. The summed E-state index contributed by atoms with van der Waals surface area (Å²) in [4.78, 5) is 10.7. The Bertz CT molecular complexity index is 1460. The van der Waals surface area contributed by atoms with Gasteiger partial charge in [-0.15, -0.1) is 0 Å². The van der Waals surface area contributed by atoms with Gasteiger partial charge in [-0.2, -0.15) is 17.5 Å². The highest BCUT2D eigenvalue weighted by atomic mass is 32.2. The quantitative estimate of drug-likeness (QED) is 0.462. The number of alkyl halides is 3. The van der Waals surface area contributed by atoms with Crippen LogP contribution in [0.1, 0.15) is 12.0 Å². The van der Waals surface area contributed by atoms with E-state index < -0.39 is 33.9 Å². The molecule has 3 saturated heterocycles. The summed E-state index contributed by atoms with van der Waals surface area (Å²) in [6, 6.07) is 12.0. The van der Waals surface area contributed by atoms with Crippen LogP contribution in [0.15, 0.2) is 65.8 Å². The van der Waals surface area contributed by atoms with Gasteiger partial charge in [0.15, 0.2) is 0 Å². The number of rotatable bonds is 6. The highest BCUT2D eigenvalue weighted by Gasteiger charge is 2.49. The summed E-state index contributed by atoms with van der Waals surface area (Å²) in [7, 11) is -3.86. The molecular formula is C27H28F3N5O4S. The summed E-state index contributed by atoms with van der Waals surface area (Å²) in [6.45, 7) is 3.49. The molecule has 40 heavy (non-hydrogen) atoms. The summed E-state index contributed by atoms with van der Waals surface area (Å²) >= 11 is 0. The number of aliphatic hydroxyl groups excluding tert-OH is 1. The van der Waals surface area contributed by atoms with Crippen molar-refractivity contribution in [2.45, 2.75) is 29.6 Å². The first kappa shape index (κ1) is 26.9. The maximum atomic E-state index is 13.3. The number of sulfonamides is 1. The number of nitrogens with one attached hydrogen (secondary N) is 1. The fourth-order valence-corrected chi connectivity index (χ4v) is 6.81. The number of halogens is 3. The largest absolute Gasteiger partial charge is 0.417 e. The van der Waals surface area contributed by atoms with Crippen molar-refractivity contribution >= 4 is 21.7 Å². The van der Waals surface area contributed by atoms with Crippen molar-refractivity contribution in [3.05, 3.63) is 66.5 Å². The van der Waals surface area contributed by atoms with E-state index in [-0.39, 0.29) is 30.2 Å². The van der Waals surface area contributed by atoms with Gasteiger partial charge in [0.1, 0.15) is 11.6 Å². The molecule has 0 bridgehead atoms. The maximum absolute atomic E-state index is 13.3. The van der Waals surface area contributed by atoms with Gasteiger partial charge in [-0.05, 0) is 48.4 Å². The first-order valence-electron chi connectivity index (χ1n) is 12.9. The Morgan fingerprint density at radius 3 is 2.25 bits per heavy atom. The predicted molar refractivity (Wildman–Crippen MR) is 141 cm³/mol. The zero-order valence-corrected chi connectivity index (χ0v) is 22.2. The van der Waals surface area contributed by atoms with Gasteiger partial charge in [0.2, 0.25) is 10.0 Å². The van der Waals surface area contributed by atoms with Crippen molar-refractivity contribution in [3.8, 4) is 11.1 Å². The number of β-amino-alcohol motifs (C(OH)–C–C–N with tert-alkyl or cyclic N) is 1. The number of hydrogen-bond donors (Lipinski definition) is 2. The normalized spacial score (nSPS) is 22.9. The molecule has 0 radical (unpaired) electrons. The molecule has 3 aliphatic heterocycles. The monoisotopic (exact) mass is 575 g/mol. The smallest absolute Gasteiger partial charge is 0.390 e. The fraction of sp³-hybridized carbons (Fsp3) is 0.407. The minimum atomic E-state index is -4.49. The summed E-state index contributed by atoms with van der Waals surface area (Å²) in [6.07, 6.45) is -2.82. The number of hydrogen-bond acceptors (Lipinski definition) is 8. The van der Waals surface area contributed by atoms with E-state index in [9.17, 15) is 26.7 Å². The van der Waals surface area contributed by atoms with Crippen molar-refractivity contribution < 1.29 is 31.4 Å². The second-order valence-electron chi connectivity index (χ2n) is 10.7. The van der Waals surface area contributed by atoms with Gasteiger partial charge < -0.3 is 20.1 Å². The predicted octanol–water partition coefficient (Wildman–Crippen LogP) is 3.24. The number of aliphatic hydroxyl groups is 1. The third-order valence-corrected chi connectivity index (χ3v) is 9.61. The molecule has 0 unspecified atom stereocenters. The van der Waals surface area contributed by atoms with E-state index in [1.54, 1.807) is 18.3 Å². The molecule has 6 rings (SSSR count). The minimum Gasteiger partial charge on any atom is -0.390 e. The molecule has 1 spiro atoms. The molecule has 2 N–H and O–H groups in total. The van der Waals surface area contributed by atoms with Crippen LogP contribution in [0.3, 0.4) is 0 Å². The van der Waals surface area contributed by atoms with Gasteiger partial charge in [0.25, 0.3) is 0 Å². The van der Waals surface area contributed by atoms with E-state index in [4.69, 9.17) is 4.74 Å². The molecule has 1 aromatic carbocycles. The highest BCUT2D eigenvalue weighted by molar-refractivity contribution is 7.89. The number of ether oxygens (including phenoxy) is 1. The zero-order valence-electron chi connectivity index (χ0n) is 21.4. The highest BCUT2D eigenvalue weighted by Crippen LogP contribution is 2.39. The molecule has 3 fully saturated rings. The number of benzene rings is 1. The molecule has 0 amide bonds. The van der Waals surface area contributed by atoms with Crippen LogP contribution in [0.5, 0.6) is 0 Å². The van der Waals surface area contributed by atoms with Crippen molar-refractivity contribution in [2.75, 3.05) is 49.6 Å². The lowest BCUT2D eigenvalue weighted by molar-refractivity contribution is -0.137. The van der Waals surface area contributed by atoms with Gasteiger partial charge in [-0.3, -0.25) is 0 Å². The Balaban J connectivity index is 1.06. The SMILES string of the molecule is O=S(=O)(c1ccc(-c2ccc(N3CC4(COC4)C3)nc2)cc1)N1CC[C@@H](Nc2ccc(C(F)(F)F)cn2)[C@@H](O)C1. The topological polar surface area (TPSA) is 108 Å². The first-order chi connectivity index (χ1) is 19.0. The van der Waals surface area contributed by atoms with E-state index in [1.165, 1.54) is 22.5 Å². The molecule has 3 aliphatic rings. The molecular weight excluding hydrogens is 547 g/mol. The Morgan fingerprint density at radius 1 is 0.975 bits per heavy atom. The summed E-state index contributed by atoms with van der Waals surface area (Å²) in [5.74, 6) is 1.08. The molecule has 0 aliphatic carbocycles. The number of pyridine rings is 2. The third kappa shape index (κ3) is 5.14. The molecule has 2 aromatic heterocycles. The van der Waals surface area contributed by atoms with Crippen molar-refractivity contribution in [3.63, 3.8) is 0 Å². The van der Waals surface area contributed by atoms with Gasteiger partial charge >= 0.3 is 6.18 Å². The Hall–Kier alpha value is -3.26. The third-order valence-electron chi connectivity index (χ3n) is 7.74. The lowest BCUT2D eigenvalue weighted by atomic mass is 9.78. The lowest BCUT2D eigenvalue weighted by Gasteiger charge is -2.55. The van der Waals surface area contributed by atoms with Crippen LogP contribution in [0.4, 0.5) is 24.8 Å². The van der Waals surface area contributed by atoms with Gasteiger partial charge in [-0.1, -0.05) is 12.1 Å². The standard InChI is InChI=1S/C27H28F3N5O4S/c28-27(29,30)20-4-7-24(31-12-20)33-22-9-10-35(13-23(22)36)40(37,38)21-5-1-18(2-6-21)19-3-8-25(32-11-19)34-14-26(15-34)16-39-17-26/h1-8,11-12,22-23,36H,9-10,13-17H2,(H,31,33)/t22-,23+/m1/s1.